The Morgan fingerprint density at radius 1 is 1.26 bits per heavy atom. The number of ether oxygens (including phenoxy) is 1. The molecule has 0 unspecified atom stereocenters. The third kappa shape index (κ3) is 2.85. The molecule has 0 saturated carbocycles. The van der Waals surface area contributed by atoms with Crippen LogP contribution in [0.3, 0.4) is 0 Å². The number of aryl methyl sites for hydroxylation is 1. The number of pyridine rings is 1. The van der Waals surface area contributed by atoms with Crippen LogP contribution in [-0.2, 0) is 16.6 Å². The first kappa shape index (κ1) is 15.3. The highest BCUT2D eigenvalue weighted by molar-refractivity contribution is 7.92. The molecule has 1 N–H and O–H groups in total. The van der Waals surface area contributed by atoms with Crippen molar-refractivity contribution in [2.24, 2.45) is 0 Å². The summed E-state index contributed by atoms with van der Waals surface area (Å²) in [5, 5.41) is 0.746. The number of anilines is 1. The molecule has 0 aliphatic rings. The molecule has 0 saturated heterocycles. The van der Waals surface area contributed by atoms with Gasteiger partial charge in [0.1, 0.15) is 5.75 Å². The number of hydrogen-bond donors (Lipinski definition) is 1. The lowest BCUT2D eigenvalue weighted by Gasteiger charge is -2.12. The van der Waals surface area contributed by atoms with E-state index in [1.807, 2.05) is 13.0 Å². The number of imidazole rings is 1. The Balaban J connectivity index is 2.10. The van der Waals surface area contributed by atoms with Crippen molar-refractivity contribution < 1.29 is 13.2 Å². The van der Waals surface area contributed by atoms with Gasteiger partial charge in [0, 0.05) is 36.6 Å². The van der Waals surface area contributed by atoms with Gasteiger partial charge in [-0.15, -0.1) is 0 Å². The van der Waals surface area contributed by atoms with Gasteiger partial charge in [-0.1, -0.05) is 6.07 Å². The number of benzene rings is 1. The fraction of sp³-hybridized carbons (Fsp3) is 0.200. The molecule has 0 atom stereocenters. The van der Waals surface area contributed by atoms with Crippen LogP contribution in [0, 0.1) is 0 Å². The van der Waals surface area contributed by atoms with Crippen LogP contribution in [0.1, 0.15) is 6.92 Å². The highest BCUT2D eigenvalue weighted by atomic mass is 32.2. The molecule has 3 aromatic rings. The fourth-order valence-electron chi connectivity index (χ4n) is 2.33. The van der Waals surface area contributed by atoms with Crippen LogP contribution in [0.4, 0.5) is 5.69 Å². The van der Waals surface area contributed by atoms with Crippen molar-refractivity contribution >= 4 is 26.6 Å². The van der Waals surface area contributed by atoms with Gasteiger partial charge in [0.25, 0.3) is 10.0 Å². The highest BCUT2D eigenvalue weighted by Crippen LogP contribution is 2.29. The van der Waals surface area contributed by atoms with Crippen LogP contribution in [-0.4, -0.2) is 30.1 Å². The molecule has 120 valence electrons. The zero-order valence-electron chi connectivity index (χ0n) is 12.7. The SMILES string of the molecule is CCn1ccnc1S(=O)(=O)Nc1cc(OC)cc2cccnc12. The van der Waals surface area contributed by atoms with Crippen molar-refractivity contribution in [2.75, 3.05) is 11.8 Å². The monoisotopic (exact) mass is 332 g/mol. The number of methoxy groups -OCH3 is 1. The van der Waals surface area contributed by atoms with E-state index in [0.29, 0.717) is 23.5 Å². The Bertz CT molecular complexity index is 950. The predicted octanol–water partition coefficient (Wildman–Crippen LogP) is 2.26. The van der Waals surface area contributed by atoms with Gasteiger partial charge in [0.05, 0.1) is 18.3 Å². The summed E-state index contributed by atoms with van der Waals surface area (Å²) in [5.74, 6) is 0.544. The topological polar surface area (TPSA) is 86.1 Å². The molecule has 3 rings (SSSR count). The van der Waals surface area contributed by atoms with Gasteiger partial charge in [-0.05, 0) is 19.1 Å². The molecular weight excluding hydrogens is 316 g/mol. The highest BCUT2D eigenvalue weighted by Gasteiger charge is 2.21. The number of nitrogens with one attached hydrogen (secondary N) is 1. The first-order chi connectivity index (χ1) is 11.0. The Morgan fingerprint density at radius 2 is 2.09 bits per heavy atom. The molecule has 0 fully saturated rings. The third-order valence-electron chi connectivity index (χ3n) is 3.42. The molecule has 0 amide bonds. The fourth-order valence-corrected chi connectivity index (χ4v) is 3.57. The second kappa shape index (κ2) is 5.88. The van der Waals surface area contributed by atoms with E-state index in [9.17, 15) is 8.42 Å². The van der Waals surface area contributed by atoms with Gasteiger partial charge in [-0.25, -0.2) is 4.98 Å². The Labute approximate surface area is 134 Å². The summed E-state index contributed by atoms with van der Waals surface area (Å²) in [6, 6.07) is 7.03. The number of rotatable bonds is 5. The summed E-state index contributed by atoms with van der Waals surface area (Å²) in [6.07, 6.45) is 4.69. The first-order valence-corrected chi connectivity index (χ1v) is 8.50. The van der Waals surface area contributed by atoms with Gasteiger partial charge >= 0.3 is 0 Å². The van der Waals surface area contributed by atoms with Crippen molar-refractivity contribution in [3.8, 4) is 5.75 Å². The number of hydrogen-bond acceptors (Lipinski definition) is 5. The van der Waals surface area contributed by atoms with Crippen LogP contribution < -0.4 is 9.46 Å². The minimum atomic E-state index is -3.82. The molecule has 0 radical (unpaired) electrons. The molecule has 0 aliphatic carbocycles. The van der Waals surface area contributed by atoms with Crippen molar-refractivity contribution in [3.63, 3.8) is 0 Å². The average Bonchev–Trinajstić information content (AvgIpc) is 3.04. The van der Waals surface area contributed by atoms with Crippen molar-refractivity contribution in [1.82, 2.24) is 14.5 Å². The van der Waals surface area contributed by atoms with Gasteiger partial charge in [0.15, 0.2) is 0 Å². The van der Waals surface area contributed by atoms with Gasteiger partial charge in [0.2, 0.25) is 5.16 Å². The van der Waals surface area contributed by atoms with E-state index in [2.05, 4.69) is 14.7 Å². The standard InChI is InChI=1S/C15H16N4O3S/c1-3-19-8-7-17-15(19)23(20,21)18-13-10-12(22-2)9-11-5-4-6-16-14(11)13/h4-10,18H,3H2,1-2H3. The smallest absolute Gasteiger partial charge is 0.295 e. The van der Waals surface area contributed by atoms with Gasteiger partial charge in [-0.3, -0.25) is 9.71 Å². The molecular formula is C15H16N4O3S. The molecule has 8 heteroatoms. The van der Waals surface area contributed by atoms with Gasteiger partial charge in [-0.2, -0.15) is 8.42 Å². The van der Waals surface area contributed by atoms with E-state index < -0.39 is 10.0 Å². The lowest BCUT2D eigenvalue weighted by Crippen LogP contribution is -2.18. The zero-order valence-corrected chi connectivity index (χ0v) is 13.5. The average molecular weight is 332 g/mol. The van der Waals surface area contributed by atoms with E-state index in [-0.39, 0.29) is 5.16 Å². The largest absolute Gasteiger partial charge is 0.497 e. The van der Waals surface area contributed by atoms with E-state index >= 15 is 0 Å². The molecule has 23 heavy (non-hydrogen) atoms. The van der Waals surface area contributed by atoms with E-state index in [1.165, 1.54) is 13.3 Å². The van der Waals surface area contributed by atoms with E-state index in [1.54, 1.807) is 35.2 Å². The van der Waals surface area contributed by atoms with Crippen molar-refractivity contribution in [3.05, 3.63) is 42.9 Å². The normalized spacial score (nSPS) is 11.6. The molecule has 0 bridgehead atoms. The zero-order chi connectivity index (χ0) is 16.4. The van der Waals surface area contributed by atoms with E-state index in [0.717, 1.165) is 5.39 Å². The Hall–Kier alpha value is -2.61. The first-order valence-electron chi connectivity index (χ1n) is 7.02. The Morgan fingerprint density at radius 3 is 2.83 bits per heavy atom. The maximum atomic E-state index is 12.6. The summed E-state index contributed by atoms with van der Waals surface area (Å²) in [5.41, 5.74) is 0.900. The second-order valence-corrected chi connectivity index (χ2v) is 6.43. The molecule has 2 aromatic heterocycles. The maximum absolute atomic E-state index is 12.6. The quantitative estimate of drug-likeness (QED) is 0.774. The predicted molar refractivity (Wildman–Crippen MR) is 87.0 cm³/mol. The lowest BCUT2D eigenvalue weighted by molar-refractivity contribution is 0.415. The number of fused-ring (bicyclic) bond motifs is 1. The van der Waals surface area contributed by atoms with E-state index in [4.69, 9.17) is 4.74 Å². The van der Waals surface area contributed by atoms with Crippen LogP contribution in [0.15, 0.2) is 48.0 Å². The maximum Gasteiger partial charge on any atom is 0.295 e. The summed E-state index contributed by atoms with van der Waals surface area (Å²) in [4.78, 5) is 8.19. The molecule has 0 spiro atoms. The number of sulfonamides is 1. The minimum absolute atomic E-state index is 0.0353. The summed E-state index contributed by atoms with van der Waals surface area (Å²) in [6.45, 7) is 2.36. The summed E-state index contributed by atoms with van der Waals surface area (Å²) >= 11 is 0. The Kier molecular flexibility index (Phi) is 3.91. The van der Waals surface area contributed by atoms with Crippen LogP contribution in [0.25, 0.3) is 10.9 Å². The van der Waals surface area contributed by atoms with Gasteiger partial charge < -0.3 is 9.30 Å². The van der Waals surface area contributed by atoms with Crippen LogP contribution in [0.2, 0.25) is 0 Å². The number of aromatic nitrogens is 3. The molecule has 2 heterocycles. The molecule has 7 nitrogen and oxygen atoms in total. The van der Waals surface area contributed by atoms with Crippen molar-refractivity contribution in [2.45, 2.75) is 18.6 Å². The van der Waals surface area contributed by atoms with Crippen molar-refractivity contribution in [1.29, 1.82) is 0 Å². The number of nitrogens with zero attached hydrogens (tertiary/aromatic N) is 3. The molecule has 0 aliphatic heterocycles. The van der Waals surface area contributed by atoms with Crippen LogP contribution >= 0.6 is 0 Å². The third-order valence-corrected chi connectivity index (χ3v) is 4.73. The summed E-state index contributed by atoms with van der Waals surface area (Å²) in [7, 11) is -2.30. The minimum Gasteiger partial charge on any atom is -0.497 e. The second-order valence-electron chi connectivity index (χ2n) is 4.85. The van der Waals surface area contributed by atoms with Crippen LogP contribution in [0.5, 0.6) is 5.75 Å². The molecule has 1 aromatic carbocycles. The summed E-state index contributed by atoms with van der Waals surface area (Å²) < 4.78 is 34.6. The lowest BCUT2D eigenvalue weighted by atomic mass is 10.2.